The minimum Gasteiger partial charge on any atom is -0.257 e. The van der Waals surface area contributed by atoms with Crippen molar-refractivity contribution in [1.29, 1.82) is 0 Å². The monoisotopic (exact) mass is 239 g/mol. The summed E-state index contributed by atoms with van der Waals surface area (Å²) in [6, 6.07) is 14.3. The van der Waals surface area contributed by atoms with Crippen LogP contribution in [0.2, 0.25) is 0 Å². The summed E-state index contributed by atoms with van der Waals surface area (Å²) < 4.78 is 12.7. The van der Waals surface area contributed by atoms with Crippen LogP contribution in [-0.2, 0) is 0 Å². The Hall–Kier alpha value is -2.22. The Kier molecular flexibility index (Phi) is 4.02. The van der Waals surface area contributed by atoms with E-state index in [-0.39, 0.29) is 5.82 Å². The number of nitrogens with zero attached hydrogens (tertiary/aromatic N) is 1. The number of rotatable bonds is 3. The average Bonchev–Trinajstić information content (AvgIpc) is 2.39. The first-order valence-corrected chi connectivity index (χ1v) is 5.77. The molecule has 0 unspecified atom stereocenters. The van der Waals surface area contributed by atoms with Crippen molar-refractivity contribution in [2.24, 2.45) is 4.99 Å². The van der Waals surface area contributed by atoms with Crippen LogP contribution in [0.1, 0.15) is 11.1 Å². The molecule has 0 spiro atoms. The Balaban J connectivity index is 1.98. The van der Waals surface area contributed by atoms with Gasteiger partial charge in [0.15, 0.2) is 0 Å². The van der Waals surface area contributed by atoms with Crippen LogP contribution in [0.25, 0.3) is 6.08 Å². The summed E-state index contributed by atoms with van der Waals surface area (Å²) in [6.45, 7) is 2.04. The van der Waals surface area contributed by atoms with Crippen LogP contribution in [0.4, 0.5) is 10.1 Å². The van der Waals surface area contributed by atoms with Gasteiger partial charge in [0.2, 0.25) is 0 Å². The summed E-state index contributed by atoms with van der Waals surface area (Å²) in [6.07, 6.45) is 5.46. The fourth-order valence-electron chi connectivity index (χ4n) is 1.49. The van der Waals surface area contributed by atoms with Crippen molar-refractivity contribution in [3.8, 4) is 0 Å². The molecule has 0 aromatic heterocycles. The second kappa shape index (κ2) is 5.92. The van der Waals surface area contributed by atoms with Crippen LogP contribution in [0, 0.1) is 12.7 Å². The topological polar surface area (TPSA) is 12.4 Å². The molecule has 0 saturated heterocycles. The standard InChI is InChI=1S/C16H14FN/c1-13-4-10-16(11-5-13)18-12-2-3-14-6-8-15(17)9-7-14/h2-12H,1H3. The SMILES string of the molecule is Cc1ccc(N=CC=Cc2ccc(F)cc2)cc1. The smallest absolute Gasteiger partial charge is 0.123 e. The molecule has 0 aliphatic heterocycles. The Morgan fingerprint density at radius 3 is 2.28 bits per heavy atom. The van der Waals surface area contributed by atoms with Gasteiger partial charge < -0.3 is 0 Å². The highest BCUT2D eigenvalue weighted by Crippen LogP contribution is 2.11. The summed E-state index contributed by atoms with van der Waals surface area (Å²) in [4.78, 5) is 4.29. The Labute approximate surface area is 106 Å². The van der Waals surface area contributed by atoms with E-state index < -0.39 is 0 Å². The summed E-state index contributed by atoms with van der Waals surface area (Å²) in [5, 5.41) is 0. The molecule has 0 aliphatic rings. The third-order valence-corrected chi connectivity index (χ3v) is 2.50. The lowest BCUT2D eigenvalue weighted by atomic mass is 10.2. The van der Waals surface area contributed by atoms with Gasteiger partial charge in [-0.15, -0.1) is 0 Å². The summed E-state index contributed by atoms with van der Waals surface area (Å²) in [5.41, 5.74) is 3.09. The van der Waals surface area contributed by atoms with Gasteiger partial charge in [-0.1, -0.05) is 35.9 Å². The Morgan fingerprint density at radius 2 is 1.61 bits per heavy atom. The molecule has 0 amide bonds. The van der Waals surface area contributed by atoms with Crippen molar-refractivity contribution in [1.82, 2.24) is 0 Å². The van der Waals surface area contributed by atoms with Gasteiger partial charge >= 0.3 is 0 Å². The molecule has 0 heterocycles. The molecule has 0 fully saturated rings. The van der Waals surface area contributed by atoms with Gasteiger partial charge in [-0.3, -0.25) is 4.99 Å². The third kappa shape index (κ3) is 3.67. The fourth-order valence-corrected chi connectivity index (χ4v) is 1.49. The fraction of sp³-hybridized carbons (Fsp3) is 0.0625. The zero-order valence-electron chi connectivity index (χ0n) is 10.2. The van der Waals surface area contributed by atoms with Gasteiger partial charge in [0.1, 0.15) is 5.82 Å². The molecule has 18 heavy (non-hydrogen) atoms. The highest BCUT2D eigenvalue weighted by atomic mass is 19.1. The highest BCUT2D eigenvalue weighted by molar-refractivity contribution is 5.80. The number of allylic oxidation sites excluding steroid dienone is 1. The van der Waals surface area contributed by atoms with Gasteiger partial charge in [0, 0.05) is 6.21 Å². The van der Waals surface area contributed by atoms with Crippen molar-refractivity contribution in [3.63, 3.8) is 0 Å². The maximum atomic E-state index is 12.7. The number of aryl methyl sites for hydroxylation is 1. The van der Waals surface area contributed by atoms with Gasteiger partial charge in [-0.05, 0) is 42.8 Å². The van der Waals surface area contributed by atoms with E-state index in [4.69, 9.17) is 0 Å². The second-order valence-corrected chi connectivity index (χ2v) is 4.02. The van der Waals surface area contributed by atoms with Crippen molar-refractivity contribution in [3.05, 3.63) is 71.6 Å². The first-order valence-electron chi connectivity index (χ1n) is 5.77. The van der Waals surface area contributed by atoms with Crippen LogP contribution in [0.5, 0.6) is 0 Å². The molecule has 2 heteroatoms. The van der Waals surface area contributed by atoms with Crippen LogP contribution in [0.3, 0.4) is 0 Å². The van der Waals surface area contributed by atoms with Crippen LogP contribution in [-0.4, -0.2) is 6.21 Å². The largest absolute Gasteiger partial charge is 0.257 e. The Bertz CT molecular complexity index is 497. The quantitative estimate of drug-likeness (QED) is 0.697. The number of aliphatic imine (C=N–C) groups is 1. The van der Waals surface area contributed by atoms with Crippen LogP contribution in [0.15, 0.2) is 59.6 Å². The molecule has 0 N–H and O–H groups in total. The molecular weight excluding hydrogens is 225 g/mol. The summed E-state index contributed by atoms with van der Waals surface area (Å²) in [7, 11) is 0. The van der Waals surface area contributed by atoms with Gasteiger partial charge in [-0.25, -0.2) is 4.39 Å². The third-order valence-electron chi connectivity index (χ3n) is 2.50. The minimum atomic E-state index is -0.222. The van der Waals surface area contributed by atoms with Crippen LogP contribution >= 0.6 is 0 Å². The molecule has 90 valence electrons. The van der Waals surface area contributed by atoms with E-state index in [1.807, 2.05) is 43.3 Å². The maximum absolute atomic E-state index is 12.7. The lowest BCUT2D eigenvalue weighted by molar-refractivity contribution is 0.628. The molecule has 2 aromatic rings. The summed E-state index contributed by atoms with van der Waals surface area (Å²) >= 11 is 0. The second-order valence-electron chi connectivity index (χ2n) is 4.02. The van der Waals surface area contributed by atoms with Gasteiger partial charge in [0.25, 0.3) is 0 Å². The predicted octanol–water partition coefficient (Wildman–Crippen LogP) is 4.55. The normalized spacial score (nSPS) is 11.4. The van der Waals surface area contributed by atoms with Gasteiger partial charge in [-0.2, -0.15) is 0 Å². The molecule has 0 bridgehead atoms. The van der Waals surface area contributed by atoms with E-state index in [1.54, 1.807) is 18.3 Å². The first kappa shape index (κ1) is 12.2. The van der Waals surface area contributed by atoms with E-state index in [9.17, 15) is 4.39 Å². The molecular formula is C16H14FN. The molecule has 1 nitrogen and oxygen atoms in total. The molecule has 0 atom stereocenters. The average molecular weight is 239 g/mol. The lowest BCUT2D eigenvalue weighted by Crippen LogP contribution is -1.74. The van der Waals surface area contributed by atoms with Crippen molar-refractivity contribution in [2.75, 3.05) is 0 Å². The van der Waals surface area contributed by atoms with Crippen molar-refractivity contribution >= 4 is 18.0 Å². The molecule has 2 aromatic carbocycles. The first-order chi connectivity index (χ1) is 8.74. The summed E-state index contributed by atoms with van der Waals surface area (Å²) in [5.74, 6) is -0.222. The Morgan fingerprint density at radius 1 is 0.944 bits per heavy atom. The zero-order chi connectivity index (χ0) is 12.8. The number of halogens is 1. The van der Waals surface area contributed by atoms with Crippen LogP contribution < -0.4 is 0 Å². The minimum absolute atomic E-state index is 0.222. The van der Waals surface area contributed by atoms with Crippen molar-refractivity contribution in [2.45, 2.75) is 6.92 Å². The lowest BCUT2D eigenvalue weighted by Gasteiger charge is -1.93. The molecule has 2 rings (SSSR count). The predicted molar refractivity (Wildman–Crippen MR) is 74.8 cm³/mol. The molecule has 0 aliphatic carbocycles. The molecule has 0 radical (unpaired) electrons. The van der Waals surface area contributed by atoms with E-state index >= 15 is 0 Å². The van der Waals surface area contributed by atoms with E-state index in [2.05, 4.69) is 4.99 Å². The van der Waals surface area contributed by atoms with Gasteiger partial charge in [0.05, 0.1) is 5.69 Å². The number of hydrogen-bond donors (Lipinski definition) is 0. The van der Waals surface area contributed by atoms with E-state index in [0.29, 0.717) is 0 Å². The highest BCUT2D eigenvalue weighted by Gasteiger charge is 1.88. The molecule has 0 saturated carbocycles. The number of hydrogen-bond acceptors (Lipinski definition) is 1. The van der Waals surface area contributed by atoms with E-state index in [0.717, 1.165) is 11.3 Å². The number of benzene rings is 2. The maximum Gasteiger partial charge on any atom is 0.123 e. The van der Waals surface area contributed by atoms with Crippen molar-refractivity contribution < 1.29 is 4.39 Å². The van der Waals surface area contributed by atoms with E-state index in [1.165, 1.54) is 17.7 Å². The zero-order valence-corrected chi connectivity index (χ0v) is 10.2.